The highest BCUT2D eigenvalue weighted by Crippen LogP contribution is 2.05. The molecule has 0 fully saturated rings. The normalized spacial score (nSPS) is 12.8. The second kappa shape index (κ2) is 4.97. The van der Waals surface area contributed by atoms with Crippen LogP contribution in [0.2, 0.25) is 0 Å². The van der Waals surface area contributed by atoms with Crippen molar-refractivity contribution in [3.05, 3.63) is 29.6 Å². The molecular weight excluding hydrogens is 160 g/mol. The van der Waals surface area contributed by atoms with Gasteiger partial charge in [-0.3, -0.25) is 4.98 Å². The van der Waals surface area contributed by atoms with Crippen molar-refractivity contribution >= 4 is 0 Å². The van der Waals surface area contributed by atoms with E-state index in [2.05, 4.69) is 18.0 Å². The third-order valence-corrected chi connectivity index (χ3v) is 2.30. The highest BCUT2D eigenvalue weighted by molar-refractivity contribution is 5.13. The zero-order chi connectivity index (χ0) is 9.68. The molecule has 1 unspecified atom stereocenters. The minimum Gasteiger partial charge on any atom is -0.328 e. The van der Waals surface area contributed by atoms with E-state index in [1.54, 1.807) is 0 Å². The number of aromatic nitrogens is 1. The second-order valence-corrected chi connectivity index (χ2v) is 3.51. The van der Waals surface area contributed by atoms with Gasteiger partial charge in [0.2, 0.25) is 0 Å². The van der Waals surface area contributed by atoms with Crippen molar-refractivity contribution < 1.29 is 0 Å². The Kier molecular flexibility index (Phi) is 3.90. The van der Waals surface area contributed by atoms with Crippen molar-refractivity contribution in [3.8, 4) is 0 Å². The molecule has 1 rings (SSSR count). The van der Waals surface area contributed by atoms with E-state index in [1.807, 2.05) is 19.2 Å². The molecule has 2 heteroatoms. The molecule has 0 spiro atoms. The third kappa shape index (κ3) is 3.55. The first-order valence-corrected chi connectivity index (χ1v) is 4.89. The van der Waals surface area contributed by atoms with Gasteiger partial charge < -0.3 is 5.73 Å². The lowest BCUT2D eigenvalue weighted by atomic mass is 10.1. The van der Waals surface area contributed by atoms with Crippen LogP contribution in [-0.2, 0) is 6.42 Å². The molecule has 0 bridgehead atoms. The average molecular weight is 178 g/mol. The summed E-state index contributed by atoms with van der Waals surface area (Å²) in [5, 5.41) is 0. The van der Waals surface area contributed by atoms with E-state index in [1.165, 1.54) is 5.56 Å². The van der Waals surface area contributed by atoms with Gasteiger partial charge in [0.1, 0.15) is 0 Å². The molecule has 13 heavy (non-hydrogen) atoms. The summed E-state index contributed by atoms with van der Waals surface area (Å²) >= 11 is 0. The molecule has 0 aliphatic heterocycles. The molecule has 0 aromatic carbocycles. The maximum absolute atomic E-state index is 5.83. The lowest BCUT2D eigenvalue weighted by Crippen LogP contribution is -2.19. The van der Waals surface area contributed by atoms with Crippen LogP contribution in [0.25, 0.3) is 0 Å². The minimum atomic E-state index is 0.335. The molecule has 0 saturated carbocycles. The van der Waals surface area contributed by atoms with E-state index >= 15 is 0 Å². The van der Waals surface area contributed by atoms with Gasteiger partial charge in [0.25, 0.3) is 0 Å². The van der Waals surface area contributed by atoms with E-state index in [0.29, 0.717) is 6.04 Å². The first-order chi connectivity index (χ1) is 6.22. The van der Waals surface area contributed by atoms with Gasteiger partial charge in [-0.2, -0.15) is 0 Å². The van der Waals surface area contributed by atoms with Gasteiger partial charge in [-0.05, 0) is 37.8 Å². The number of rotatable bonds is 4. The SMILES string of the molecule is CCC(N)CCc1ccc(C)nc1. The largest absolute Gasteiger partial charge is 0.328 e. The number of aryl methyl sites for hydroxylation is 2. The van der Waals surface area contributed by atoms with Crippen molar-refractivity contribution in [2.24, 2.45) is 5.73 Å². The first-order valence-electron chi connectivity index (χ1n) is 4.89. The molecule has 1 atom stereocenters. The molecule has 72 valence electrons. The van der Waals surface area contributed by atoms with Crippen LogP contribution in [0.5, 0.6) is 0 Å². The average Bonchev–Trinajstić information content (AvgIpc) is 2.16. The van der Waals surface area contributed by atoms with E-state index < -0.39 is 0 Å². The molecule has 1 aromatic rings. The summed E-state index contributed by atoms with van der Waals surface area (Å²) in [6, 6.07) is 4.51. The molecule has 2 nitrogen and oxygen atoms in total. The van der Waals surface area contributed by atoms with Crippen LogP contribution in [0.4, 0.5) is 0 Å². The smallest absolute Gasteiger partial charge is 0.0372 e. The lowest BCUT2D eigenvalue weighted by Gasteiger charge is -2.07. The summed E-state index contributed by atoms with van der Waals surface area (Å²) in [5.74, 6) is 0. The van der Waals surface area contributed by atoms with E-state index in [4.69, 9.17) is 5.73 Å². The Balaban J connectivity index is 2.41. The fourth-order valence-electron chi connectivity index (χ4n) is 1.20. The molecule has 0 aliphatic carbocycles. The Morgan fingerprint density at radius 2 is 2.23 bits per heavy atom. The van der Waals surface area contributed by atoms with Crippen LogP contribution in [-0.4, -0.2) is 11.0 Å². The number of hydrogen-bond acceptors (Lipinski definition) is 2. The maximum Gasteiger partial charge on any atom is 0.0372 e. The summed E-state index contributed by atoms with van der Waals surface area (Å²) in [7, 11) is 0. The summed E-state index contributed by atoms with van der Waals surface area (Å²) in [6.07, 6.45) is 5.10. The molecule has 0 saturated heterocycles. The first kappa shape index (κ1) is 10.2. The molecule has 2 N–H and O–H groups in total. The van der Waals surface area contributed by atoms with E-state index in [0.717, 1.165) is 25.0 Å². The van der Waals surface area contributed by atoms with Gasteiger partial charge in [-0.1, -0.05) is 13.0 Å². The topological polar surface area (TPSA) is 38.9 Å². The Labute approximate surface area is 80.2 Å². The summed E-state index contributed by atoms with van der Waals surface area (Å²) in [4.78, 5) is 4.24. The standard InChI is InChI=1S/C11H18N2/c1-3-11(12)7-6-10-5-4-9(2)13-8-10/h4-5,8,11H,3,6-7,12H2,1-2H3. The molecule has 0 radical (unpaired) electrons. The van der Waals surface area contributed by atoms with Gasteiger partial charge in [0.05, 0.1) is 0 Å². The van der Waals surface area contributed by atoms with Crippen LogP contribution in [0, 0.1) is 6.92 Å². The van der Waals surface area contributed by atoms with Crippen LogP contribution in [0.15, 0.2) is 18.3 Å². The van der Waals surface area contributed by atoms with Crippen LogP contribution in [0.1, 0.15) is 31.0 Å². The fourth-order valence-corrected chi connectivity index (χ4v) is 1.20. The van der Waals surface area contributed by atoms with Crippen molar-refractivity contribution in [1.82, 2.24) is 4.98 Å². The molecular formula is C11H18N2. The van der Waals surface area contributed by atoms with Crippen LogP contribution < -0.4 is 5.73 Å². The summed E-state index contributed by atoms with van der Waals surface area (Å²) < 4.78 is 0. The number of nitrogens with zero attached hydrogens (tertiary/aromatic N) is 1. The lowest BCUT2D eigenvalue weighted by molar-refractivity contribution is 0.595. The number of hydrogen-bond donors (Lipinski definition) is 1. The highest BCUT2D eigenvalue weighted by Gasteiger charge is 1.99. The summed E-state index contributed by atoms with van der Waals surface area (Å²) in [6.45, 7) is 4.12. The Hall–Kier alpha value is -0.890. The van der Waals surface area contributed by atoms with Gasteiger partial charge in [-0.15, -0.1) is 0 Å². The molecule has 0 amide bonds. The molecule has 1 aromatic heterocycles. The number of pyridine rings is 1. The molecule has 1 heterocycles. The van der Waals surface area contributed by atoms with Crippen molar-refractivity contribution in [1.29, 1.82) is 0 Å². The third-order valence-electron chi connectivity index (χ3n) is 2.30. The van der Waals surface area contributed by atoms with Crippen molar-refractivity contribution in [2.75, 3.05) is 0 Å². The Morgan fingerprint density at radius 1 is 1.46 bits per heavy atom. The minimum absolute atomic E-state index is 0.335. The zero-order valence-corrected chi connectivity index (χ0v) is 8.46. The zero-order valence-electron chi connectivity index (χ0n) is 8.46. The predicted molar refractivity (Wildman–Crippen MR) is 55.6 cm³/mol. The van der Waals surface area contributed by atoms with Gasteiger partial charge in [0, 0.05) is 17.9 Å². The second-order valence-electron chi connectivity index (χ2n) is 3.51. The molecule has 0 aliphatic rings. The van der Waals surface area contributed by atoms with Crippen molar-refractivity contribution in [2.45, 2.75) is 39.2 Å². The maximum atomic E-state index is 5.83. The van der Waals surface area contributed by atoms with Crippen LogP contribution >= 0.6 is 0 Å². The van der Waals surface area contributed by atoms with Gasteiger partial charge in [0.15, 0.2) is 0 Å². The van der Waals surface area contributed by atoms with Gasteiger partial charge >= 0.3 is 0 Å². The monoisotopic (exact) mass is 178 g/mol. The Bertz CT molecular complexity index is 241. The van der Waals surface area contributed by atoms with E-state index in [-0.39, 0.29) is 0 Å². The Morgan fingerprint density at radius 3 is 2.77 bits per heavy atom. The predicted octanol–water partition coefficient (Wildman–Crippen LogP) is 2.06. The fraction of sp³-hybridized carbons (Fsp3) is 0.545. The van der Waals surface area contributed by atoms with Gasteiger partial charge in [-0.25, -0.2) is 0 Å². The van der Waals surface area contributed by atoms with Crippen molar-refractivity contribution in [3.63, 3.8) is 0 Å². The summed E-state index contributed by atoms with van der Waals surface area (Å²) in [5.41, 5.74) is 8.19. The quantitative estimate of drug-likeness (QED) is 0.766. The van der Waals surface area contributed by atoms with E-state index in [9.17, 15) is 0 Å². The van der Waals surface area contributed by atoms with Crippen LogP contribution in [0.3, 0.4) is 0 Å². The number of nitrogens with two attached hydrogens (primary N) is 1. The highest BCUT2D eigenvalue weighted by atomic mass is 14.7.